The third kappa shape index (κ3) is 4.74. The highest BCUT2D eigenvalue weighted by Crippen LogP contribution is 2.07. The van der Waals surface area contributed by atoms with Crippen molar-refractivity contribution in [2.24, 2.45) is 5.92 Å². The summed E-state index contributed by atoms with van der Waals surface area (Å²) < 4.78 is 0. The number of aromatic nitrogens is 2. The van der Waals surface area contributed by atoms with Crippen LogP contribution in [0.1, 0.15) is 26.0 Å². The topological polar surface area (TPSA) is 58.0 Å². The fraction of sp³-hybridized carbons (Fsp3) is 0.636. The summed E-state index contributed by atoms with van der Waals surface area (Å²) in [6, 6.07) is 1.86. The van der Waals surface area contributed by atoms with Gasteiger partial charge in [-0.1, -0.05) is 13.8 Å². The van der Waals surface area contributed by atoms with Crippen LogP contribution >= 0.6 is 0 Å². The van der Waals surface area contributed by atoms with E-state index < -0.39 is 0 Å². The summed E-state index contributed by atoms with van der Waals surface area (Å²) in [5.74, 6) is 1.28. The molecular weight excluding hydrogens is 190 g/mol. The fourth-order valence-electron chi connectivity index (χ4n) is 1.40. The Morgan fingerprint density at radius 1 is 1.40 bits per heavy atom. The summed E-state index contributed by atoms with van der Waals surface area (Å²) in [4.78, 5) is 8.06. The van der Waals surface area contributed by atoms with Gasteiger partial charge in [0, 0.05) is 18.3 Å². The molecule has 1 rings (SSSR count). The molecule has 0 saturated heterocycles. The normalized spacial score (nSPS) is 12.9. The molecule has 2 N–H and O–H groups in total. The van der Waals surface area contributed by atoms with E-state index in [0.717, 1.165) is 17.9 Å². The van der Waals surface area contributed by atoms with Crippen molar-refractivity contribution in [2.75, 3.05) is 11.9 Å². The molecule has 0 aliphatic heterocycles. The molecule has 84 valence electrons. The highest BCUT2D eigenvalue weighted by atomic mass is 16.3. The van der Waals surface area contributed by atoms with Crippen LogP contribution in [-0.4, -0.2) is 27.7 Å². The molecule has 0 bridgehead atoms. The van der Waals surface area contributed by atoms with Gasteiger partial charge >= 0.3 is 0 Å². The summed E-state index contributed by atoms with van der Waals surface area (Å²) >= 11 is 0. The Morgan fingerprint density at radius 2 is 2.13 bits per heavy atom. The average Bonchev–Trinajstić information content (AvgIpc) is 2.14. The molecule has 0 aromatic carbocycles. The maximum Gasteiger partial charge on any atom is 0.129 e. The second-order valence-electron chi connectivity index (χ2n) is 4.21. The molecule has 1 unspecified atom stereocenters. The van der Waals surface area contributed by atoms with Gasteiger partial charge in [0.05, 0.1) is 6.10 Å². The van der Waals surface area contributed by atoms with Crippen molar-refractivity contribution < 1.29 is 5.11 Å². The van der Waals surface area contributed by atoms with E-state index >= 15 is 0 Å². The second-order valence-corrected chi connectivity index (χ2v) is 4.21. The van der Waals surface area contributed by atoms with E-state index in [2.05, 4.69) is 29.1 Å². The predicted octanol–water partition coefficient (Wildman–Crippen LogP) is 1.60. The lowest BCUT2D eigenvalue weighted by Gasteiger charge is -2.14. The average molecular weight is 209 g/mol. The maximum atomic E-state index is 9.64. The number of aliphatic hydroxyl groups excluding tert-OH is 1. The number of hydrogen-bond acceptors (Lipinski definition) is 4. The zero-order valence-electron chi connectivity index (χ0n) is 9.57. The molecule has 1 atom stereocenters. The van der Waals surface area contributed by atoms with Crippen molar-refractivity contribution in [1.82, 2.24) is 9.97 Å². The van der Waals surface area contributed by atoms with Gasteiger partial charge in [-0.15, -0.1) is 0 Å². The first-order valence-electron chi connectivity index (χ1n) is 5.28. The molecular formula is C11H19N3O. The van der Waals surface area contributed by atoms with Crippen molar-refractivity contribution in [3.05, 3.63) is 18.1 Å². The first-order chi connectivity index (χ1) is 7.08. The number of aliphatic hydroxyl groups is 1. The fourth-order valence-corrected chi connectivity index (χ4v) is 1.40. The molecule has 0 aliphatic rings. The number of rotatable bonds is 5. The third-order valence-electron chi connectivity index (χ3n) is 2.07. The molecule has 0 aliphatic carbocycles. The van der Waals surface area contributed by atoms with Crippen molar-refractivity contribution >= 4 is 5.82 Å². The Bertz CT molecular complexity index is 302. The van der Waals surface area contributed by atoms with Crippen molar-refractivity contribution in [3.8, 4) is 0 Å². The van der Waals surface area contributed by atoms with Gasteiger partial charge in [0.2, 0.25) is 0 Å². The minimum Gasteiger partial charge on any atom is -0.391 e. The quantitative estimate of drug-likeness (QED) is 0.773. The molecule has 0 radical (unpaired) electrons. The lowest BCUT2D eigenvalue weighted by molar-refractivity contribution is 0.161. The zero-order chi connectivity index (χ0) is 11.3. The minimum absolute atomic E-state index is 0.319. The van der Waals surface area contributed by atoms with Crippen LogP contribution in [0.5, 0.6) is 0 Å². The predicted molar refractivity (Wildman–Crippen MR) is 60.7 cm³/mol. The van der Waals surface area contributed by atoms with Crippen molar-refractivity contribution in [1.29, 1.82) is 0 Å². The first kappa shape index (κ1) is 11.9. The van der Waals surface area contributed by atoms with Crippen LogP contribution in [0.3, 0.4) is 0 Å². The van der Waals surface area contributed by atoms with Crippen LogP contribution in [0, 0.1) is 12.8 Å². The lowest BCUT2D eigenvalue weighted by Crippen LogP contribution is -2.21. The minimum atomic E-state index is -0.319. The van der Waals surface area contributed by atoms with Crippen LogP contribution in [0.15, 0.2) is 12.4 Å². The van der Waals surface area contributed by atoms with Crippen LogP contribution in [0.4, 0.5) is 5.82 Å². The van der Waals surface area contributed by atoms with E-state index in [-0.39, 0.29) is 6.10 Å². The summed E-state index contributed by atoms with van der Waals surface area (Å²) in [6.07, 6.45) is 2.00. The second kappa shape index (κ2) is 5.66. The van der Waals surface area contributed by atoms with E-state index in [4.69, 9.17) is 0 Å². The number of anilines is 1. The van der Waals surface area contributed by atoms with Gasteiger partial charge in [0.25, 0.3) is 0 Å². The van der Waals surface area contributed by atoms with Crippen LogP contribution in [0.25, 0.3) is 0 Å². The van der Waals surface area contributed by atoms with Crippen LogP contribution in [0.2, 0.25) is 0 Å². The molecule has 1 heterocycles. The molecule has 4 nitrogen and oxygen atoms in total. The van der Waals surface area contributed by atoms with Gasteiger partial charge in [-0.3, -0.25) is 0 Å². The van der Waals surface area contributed by atoms with Crippen LogP contribution < -0.4 is 5.32 Å². The first-order valence-corrected chi connectivity index (χ1v) is 5.28. The van der Waals surface area contributed by atoms with Gasteiger partial charge in [0.15, 0.2) is 0 Å². The number of hydrogen-bond donors (Lipinski definition) is 2. The molecule has 1 aromatic heterocycles. The largest absolute Gasteiger partial charge is 0.391 e. The third-order valence-corrected chi connectivity index (χ3v) is 2.07. The summed E-state index contributed by atoms with van der Waals surface area (Å²) in [6.45, 7) is 6.64. The Balaban J connectivity index is 2.36. The Labute approximate surface area is 90.8 Å². The van der Waals surface area contributed by atoms with Crippen molar-refractivity contribution in [3.63, 3.8) is 0 Å². The van der Waals surface area contributed by atoms with Gasteiger partial charge < -0.3 is 10.4 Å². The van der Waals surface area contributed by atoms with Crippen LogP contribution in [-0.2, 0) is 0 Å². The van der Waals surface area contributed by atoms with E-state index in [1.807, 2.05) is 13.0 Å². The molecule has 0 saturated carbocycles. The van der Waals surface area contributed by atoms with Crippen molar-refractivity contribution in [2.45, 2.75) is 33.3 Å². The Kier molecular flexibility index (Phi) is 4.49. The van der Waals surface area contributed by atoms with E-state index in [1.165, 1.54) is 6.33 Å². The van der Waals surface area contributed by atoms with Gasteiger partial charge in [0.1, 0.15) is 12.1 Å². The lowest BCUT2D eigenvalue weighted by atomic mass is 10.1. The number of nitrogens with one attached hydrogen (secondary N) is 1. The zero-order valence-corrected chi connectivity index (χ0v) is 9.57. The smallest absolute Gasteiger partial charge is 0.129 e. The molecule has 0 amide bonds. The van der Waals surface area contributed by atoms with Gasteiger partial charge in [-0.25, -0.2) is 9.97 Å². The standard InChI is InChI=1S/C11H19N3O/c1-8(2)4-10(15)6-12-11-5-9(3)13-7-14-11/h5,7-8,10,15H,4,6H2,1-3H3,(H,12,13,14). The molecule has 1 aromatic rings. The summed E-state index contributed by atoms with van der Waals surface area (Å²) in [5.41, 5.74) is 0.922. The van der Waals surface area contributed by atoms with E-state index in [9.17, 15) is 5.11 Å². The highest BCUT2D eigenvalue weighted by molar-refractivity contribution is 5.34. The Morgan fingerprint density at radius 3 is 2.73 bits per heavy atom. The summed E-state index contributed by atoms with van der Waals surface area (Å²) in [7, 11) is 0. The molecule has 15 heavy (non-hydrogen) atoms. The molecule has 0 fully saturated rings. The molecule has 4 heteroatoms. The van der Waals surface area contributed by atoms with Gasteiger partial charge in [-0.05, 0) is 19.3 Å². The van der Waals surface area contributed by atoms with E-state index in [0.29, 0.717) is 12.5 Å². The maximum absolute atomic E-state index is 9.64. The molecule has 0 spiro atoms. The summed E-state index contributed by atoms with van der Waals surface area (Å²) in [5, 5.41) is 12.7. The number of aryl methyl sites for hydroxylation is 1. The monoisotopic (exact) mass is 209 g/mol. The van der Waals surface area contributed by atoms with Gasteiger partial charge in [-0.2, -0.15) is 0 Å². The SMILES string of the molecule is Cc1cc(NCC(O)CC(C)C)ncn1. The highest BCUT2D eigenvalue weighted by Gasteiger charge is 2.06. The van der Waals surface area contributed by atoms with E-state index in [1.54, 1.807) is 0 Å². The number of nitrogens with zero attached hydrogens (tertiary/aromatic N) is 2. The Hall–Kier alpha value is -1.16.